The second-order valence-corrected chi connectivity index (χ2v) is 8.25. The fourth-order valence-corrected chi connectivity index (χ4v) is 4.42. The van der Waals surface area contributed by atoms with E-state index in [2.05, 4.69) is 23.8 Å². The summed E-state index contributed by atoms with van der Waals surface area (Å²) >= 11 is 0. The van der Waals surface area contributed by atoms with Crippen LogP contribution in [-0.4, -0.2) is 20.7 Å². The van der Waals surface area contributed by atoms with Gasteiger partial charge in [-0.1, -0.05) is 31.2 Å². The number of hydrogen-bond acceptors (Lipinski definition) is 3. The molecule has 0 saturated carbocycles. The molecule has 0 aromatic heterocycles. The van der Waals surface area contributed by atoms with Gasteiger partial charge in [-0.05, 0) is 43.2 Å². The topological polar surface area (TPSA) is 70.0 Å². The van der Waals surface area contributed by atoms with Gasteiger partial charge in [0.2, 0.25) is 10.0 Å². The molecule has 1 aromatic carbocycles. The number of rotatable bonds is 7. The summed E-state index contributed by atoms with van der Waals surface area (Å²) in [5, 5.41) is 8.48. The predicted molar refractivity (Wildman–Crippen MR) is 88.0 cm³/mol. The normalized spacial score (nSPS) is 21.1. The third kappa shape index (κ3) is 4.31. The molecule has 2 rings (SSSR count). The van der Waals surface area contributed by atoms with Gasteiger partial charge in [0.15, 0.2) is 0 Å². The van der Waals surface area contributed by atoms with Gasteiger partial charge in [0.25, 0.3) is 0 Å². The van der Waals surface area contributed by atoms with Crippen molar-refractivity contribution in [1.82, 2.24) is 4.72 Å². The second-order valence-electron chi connectivity index (χ2n) is 6.33. The van der Waals surface area contributed by atoms with E-state index in [1.165, 1.54) is 11.1 Å². The minimum absolute atomic E-state index is 0.104. The van der Waals surface area contributed by atoms with Crippen LogP contribution < -0.4 is 4.72 Å². The van der Waals surface area contributed by atoms with Crippen LogP contribution >= 0.6 is 0 Å². The standard InChI is InChI=1S/C17H24N2O2S/c1-17(11-7-9-15-8-3-4-10-16(15)17)14-19-22(20,21)13-6-2-5-12-18/h3-4,8,10,19H,2,5-7,9,11,13-14H2,1H3/t17-/m0/s1. The first-order valence-corrected chi connectivity index (χ1v) is 9.55. The van der Waals surface area contributed by atoms with E-state index in [4.69, 9.17) is 5.26 Å². The van der Waals surface area contributed by atoms with Crippen LogP contribution in [0.3, 0.4) is 0 Å². The average Bonchev–Trinajstić information content (AvgIpc) is 2.51. The Hall–Kier alpha value is -1.38. The zero-order valence-electron chi connectivity index (χ0n) is 13.1. The molecule has 0 bridgehead atoms. The highest BCUT2D eigenvalue weighted by molar-refractivity contribution is 7.89. The number of aryl methyl sites for hydroxylation is 1. The van der Waals surface area contributed by atoms with E-state index in [9.17, 15) is 8.42 Å². The summed E-state index contributed by atoms with van der Waals surface area (Å²) in [4.78, 5) is 0. The summed E-state index contributed by atoms with van der Waals surface area (Å²) < 4.78 is 27.0. The van der Waals surface area contributed by atoms with Crippen molar-refractivity contribution in [3.8, 4) is 6.07 Å². The molecule has 0 amide bonds. The van der Waals surface area contributed by atoms with E-state index < -0.39 is 10.0 Å². The Kier molecular flexibility index (Phi) is 5.60. The van der Waals surface area contributed by atoms with Gasteiger partial charge < -0.3 is 0 Å². The molecule has 1 N–H and O–H groups in total. The molecule has 5 heteroatoms. The third-order valence-corrected chi connectivity index (χ3v) is 5.89. The van der Waals surface area contributed by atoms with Gasteiger partial charge in [-0.2, -0.15) is 5.26 Å². The molecule has 120 valence electrons. The maximum absolute atomic E-state index is 12.1. The molecule has 1 aliphatic rings. The Balaban J connectivity index is 1.98. The minimum Gasteiger partial charge on any atom is -0.214 e. The number of fused-ring (bicyclic) bond motifs is 1. The van der Waals surface area contributed by atoms with Crippen molar-refractivity contribution >= 4 is 10.0 Å². The first kappa shape index (κ1) is 17.0. The number of benzene rings is 1. The molecule has 0 unspecified atom stereocenters. The van der Waals surface area contributed by atoms with E-state index in [1.54, 1.807) is 0 Å². The monoisotopic (exact) mass is 320 g/mol. The largest absolute Gasteiger partial charge is 0.214 e. The molecule has 1 aromatic rings. The molecule has 4 nitrogen and oxygen atoms in total. The minimum atomic E-state index is -3.26. The number of nitriles is 1. The second kappa shape index (κ2) is 7.26. The summed E-state index contributed by atoms with van der Waals surface area (Å²) in [6.07, 6.45) is 4.76. The summed E-state index contributed by atoms with van der Waals surface area (Å²) in [5.74, 6) is 0.104. The Bertz CT molecular complexity index is 649. The molecule has 0 fully saturated rings. The van der Waals surface area contributed by atoms with Gasteiger partial charge in [0.1, 0.15) is 0 Å². The van der Waals surface area contributed by atoms with Crippen LogP contribution in [0, 0.1) is 11.3 Å². The Morgan fingerprint density at radius 1 is 1.32 bits per heavy atom. The fourth-order valence-electron chi connectivity index (χ4n) is 3.15. The van der Waals surface area contributed by atoms with Gasteiger partial charge in [0, 0.05) is 18.4 Å². The fraction of sp³-hybridized carbons (Fsp3) is 0.588. The number of hydrogen-bond donors (Lipinski definition) is 1. The van der Waals surface area contributed by atoms with Crippen molar-refractivity contribution in [3.05, 3.63) is 35.4 Å². The van der Waals surface area contributed by atoms with Crippen molar-refractivity contribution in [2.45, 2.75) is 50.9 Å². The highest BCUT2D eigenvalue weighted by Crippen LogP contribution is 2.36. The SMILES string of the molecule is C[C@@]1(CNS(=O)(=O)CCCCC#N)CCCc2ccccc21. The van der Waals surface area contributed by atoms with Gasteiger partial charge in [-0.25, -0.2) is 13.1 Å². The van der Waals surface area contributed by atoms with Crippen LogP contribution in [0.5, 0.6) is 0 Å². The van der Waals surface area contributed by atoms with Gasteiger partial charge in [-0.15, -0.1) is 0 Å². The Labute approximate surface area is 133 Å². The quantitative estimate of drug-likeness (QED) is 0.785. The maximum Gasteiger partial charge on any atom is 0.211 e. The lowest BCUT2D eigenvalue weighted by molar-refractivity contribution is 0.390. The number of nitrogens with zero attached hydrogens (tertiary/aromatic N) is 1. The summed E-state index contributed by atoms with van der Waals surface area (Å²) in [6.45, 7) is 2.59. The van der Waals surface area contributed by atoms with E-state index >= 15 is 0 Å². The van der Waals surface area contributed by atoms with Crippen molar-refractivity contribution in [3.63, 3.8) is 0 Å². The smallest absolute Gasteiger partial charge is 0.211 e. The van der Waals surface area contributed by atoms with Gasteiger partial charge in [0.05, 0.1) is 11.8 Å². The molecule has 22 heavy (non-hydrogen) atoms. The predicted octanol–water partition coefficient (Wildman–Crippen LogP) is 2.89. The maximum atomic E-state index is 12.1. The van der Waals surface area contributed by atoms with Crippen LogP contribution in [-0.2, 0) is 21.9 Å². The molecular formula is C17H24N2O2S. The van der Waals surface area contributed by atoms with Crippen LogP contribution in [0.15, 0.2) is 24.3 Å². The first-order valence-electron chi connectivity index (χ1n) is 7.89. The zero-order valence-corrected chi connectivity index (χ0v) is 14.0. The summed E-state index contributed by atoms with van der Waals surface area (Å²) in [5.41, 5.74) is 2.48. The Morgan fingerprint density at radius 2 is 2.09 bits per heavy atom. The molecule has 0 heterocycles. The van der Waals surface area contributed by atoms with Gasteiger partial charge >= 0.3 is 0 Å². The lowest BCUT2D eigenvalue weighted by Crippen LogP contribution is -2.41. The lowest BCUT2D eigenvalue weighted by Gasteiger charge is -2.36. The Morgan fingerprint density at radius 3 is 2.86 bits per heavy atom. The van der Waals surface area contributed by atoms with Crippen molar-refractivity contribution in [2.75, 3.05) is 12.3 Å². The molecule has 0 saturated heterocycles. The first-order chi connectivity index (χ1) is 10.5. The average molecular weight is 320 g/mol. The van der Waals surface area contributed by atoms with Crippen molar-refractivity contribution in [1.29, 1.82) is 5.26 Å². The van der Waals surface area contributed by atoms with Crippen LogP contribution in [0.2, 0.25) is 0 Å². The number of unbranched alkanes of at least 4 members (excludes halogenated alkanes) is 2. The molecule has 0 spiro atoms. The van der Waals surface area contributed by atoms with E-state index in [-0.39, 0.29) is 11.2 Å². The highest BCUT2D eigenvalue weighted by Gasteiger charge is 2.32. The summed E-state index contributed by atoms with van der Waals surface area (Å²) in [7, 11) is -3.26. The third-order valence-electron chi connectivity index (χ3n) is 4.48. The molecule has 1 atom stereocenters. The van der Waals surface area contributed by atoms with Crippen molar-refractivity contribution < 1.29 is 8.42 Å². The lowest BCUT2D eigenvalue weighted by atomic mass is 9.71. The van der Waals surface area contributed by atoms with E-state index in [0.29, 0.717) is 25.8 Å². The van der Waals surface area contributed by atoms with Crippen molar-refractivity contribution in [2.24, 2.45) is 0 Å². The highest BCUT2D eigenvalue weighted by atomic mass is 32.2. The molecule has 0 radical (unpaired) electrons. The zero-order chi connectivity index (χ0) is 16.1. The van der Waals surface area contributed by atoms with Crippen LogP contribution in [0.4, 0.5) is 0 Å². The van der Waals surface area contributed by atoms with Crippen LogP contribution in [0.25, 0.3) is 0 Å². The molecule has 1 aliphatic carbocycles. The molecule has 0 aliphatic heterocycles. The number of nitrogens with one attached hydrogen (secondary N) is 1. The van der Waals surface area contributed by atoms with Crippen LogP contribution in [0.1, 0.15) is 50.2 Å². The van der Waals surface area contributed by atoms with E-state index in [1.807, 2.05) is 18.2 Å². The van der Waals surface area contributed by atoms with Gasteiger partial charge in [-0.3, -0.25) is 0 Å². The number of sulfonamides is 1. The summed E-state index contributed by atoms with van der Waals surface area (Å²) in [6, 6.07) is 10.4. The van der Waals surface area contributed by atoms with E-state index in [0.717, 1.165) is 19.3 Å². The molecular weight excluding hydrogens is 296 g/mol.